The lowest BCUT2D eigenvalue weighted by molar-refractivity contribution is 0.111. The van der Waals surface area contributed by atoms with Gasteiger partial charge in [-0.3, -0.25) is 9.78 Å². The van der Waals surface area contributed by atoms with Gasteiger partial charge in [-0.05, 0) is 36.2 Å². The van der Waals surface area contributed by atoms with Gasteiger partial charge in [0.05, 0.1) is 11.2 Å². The molecule has 0 radical (unpaired) electrons. The Balaban J connectivity index is 1.98. The molecule has 0 fully saturated rings. The molecule has 94 valence electrons. The molecule has 2 heterocycles. The summed E-state index contributed by atoms with van der Waals surface area (Å²) in [5, 5.41) is 1.12. The Bertz CT molecular complexity index is 743. The molecule has 0 amide bonds. The molecule has 2 aromatic heterocycles. The van der Waals surface area contributed by atoms with Crippen LogP contribution in [0.15, 0.2) is 48.8 Å². The van der Waals surface area contributed by atoms with Gasteiger partial charge in [0, 0.05) is 24.3 Å². The first-order chi connectivity index (χ1) is 9.28. The number of hydrogen-bond acceptors (Lipinski definition) is 2. The van der Waals surface area contributed by atoms with Gasteiger partial charge in [-0.25, -0.2) is 0 Å². The molecule has 19 heavy (non-hydrogen) atoms. The molecule has 0 unspecified atom stereocenters. The molecule has 3 rings (SSSR count). The van der Waals surface area contributed by atoms with E-state index in [-0.39, 0.29) is 0 Å². The second-order valence-electron chi connectivity index (χ2n) is 4.67. The number of pyridine rings is 1. The Labute approximate surface area is 111 Å². The lowest BCUT2D eigenvalue weighted by Gasteiger charge is -2.07. The van der Waals surface area contributed by atoms with Gasteiger partial charge in [0.15, 0.2) is 6.29 Å². The summed E-state index contributed by atoms with van der Waals surface area (Å²) in [6.45, 7) is 2.61. The Morgan fingerprint density at radius 1 is 1.26 bits per heavy atom. The zero-order chi connectivity index (χ0) is 13.2. The van der Waals surface area contributed by atoms with Crippen LogP contribution in [0.3, 0.4) is 0 Å². The average molecular weight is 250 g/mol. The van der Waals surface area contributed by atoms with Crippen molar-refractivity contribution < 1.29 is 4.79 Å². The van der Waals surface area contributed by atoms with Gasteiger partial charge in [0.1, 0.15) is 0 Å². The van der Waals surface area contributed by atoms with Crippen LogP contribution in [0.5, 0.6) is 0 Å². The number of nitrogens with zero attached hydrogens (tertiary/aromatic N) is 2. The van der Waals surface area contributed by atoms with E-state index in [9.17, 15) is 4.79 Å². The second kappa shape index (κ2) is 4.69. The topological polar surface area (TPSA) is 34.9 Å². The van der Waals surface area contributed by atoms with Crippen molar-refractivity contribution in [2.75, 3.05) is 0 Å². The van der Waals surface area contributed by atoms with E-state index in [1.807, 2.05) is 54.2 Å². The summed E-state index contributed by atoms with van der Waals surface area (Å²) in [4.78, 5) is 15.5. The van der Waals surface area contributed by atoms with Crippen LogP contribution >= 0.6 is 0 Å². The van der Waals surface area contributed by atoms with Crippen molar-refractivity contribution in [2.24, 2.45) is 0 Å². The minimum atomic E-state index is 0.666. The zero-order valence-electron chi connectivity index (χ0n) is 10.7. The fourth-order valence-electron chi connectivity index (χ4n) is 2.29. The van der Waals surface area contributed by atoms with Crippen molar-refractivity contribution in [3.63, 3.8) is 0 Å². The lowest BCUT2D eigenvalue weighted by Crippen LogP contribution is -2.03. The minimum Gasteiger partial charge on any atom is -0.341 e. The van der Waals surface area contributed by atoms with E-state index in [1.165, 1.54) is 0 Å². The summed E-state index contributed by atoms with van der Waals surface area (Å²) < 4.78 is 1.95. The number of para-hydroxylation sites is 1. The molecule has 0 aliphatic heterocycles. The maximum absolute atomic E-state index is 11.1. The minimum absolute atomic E-state index is 0.666. The molecule has 0 atom stereocenters. The van der Waals surface area contributed by atoms with Crippen LogP contribution in [0.1, 0.15) is 21.6 Å². The monoisotopic (exact) mass is 250 g/mol. The predicted molar refractivity (Wildman–Crippen MR) is 75.4 cm³/mol. The van der Waals surface area contributed by atoms with Crippen molar-refractivity contribution >= 4 is 17.2 Å². The molecule has 0 aliphatic carbocycles. The Morgan fingerprint density at radius 2 is 2.11 bits per heavy atom. The van der Waals surface area contributed by atoms with Crippen LogP contribution in [-0.4, -0.2) is 15.8 Å². The zero-order valence-corrected chi connectivity index (χ0v) is 10.7. The van der Waals surface area contributed by atoms with E-state index < -0.39 is 0 Å². The average Bonchev–Trinajstić information content (AvgIpc) is 2.79. The second-order valence-corrected chi connectivity index (χ2v) is 4.67. The third-order valence-electron chi connectivity index (χ3n) is 3.33. The number of aromatic nitrogens is 2. The van der Waals surface area contributed by atoms with Crippen molar-refractivity contribution in [3.8, 4) is 0 Å². The molecule has 0 spiro atoms. The van der Waals surface area contributed by atoms with Gasteiger partial charge in [-0.2, -0.15) is 0 Å². The molecule has 0 saturated carbocycles. The molecular formula is C16H14N2O. The maximum atomic E-state index is 11.1. The Morgan fingerprint density at radius 3 is 2.95 bits per heavy atom. The van der Waals surface area contributed by atoms with Crippen LogP contribution in [0.2, 0.25) is 0 Å². The number of aldehydes is 1. The molecule has 0 N–H and O–H groups in total. The quantitative estimate of drug-likeness (QED) is 0.669. The van der Waals surface area contributed by atoms with Crippen LogP contribution in [0.4, 0.5) is 0 Å². The number of hydrogen-bond donors (Lipinski definition) is 0. The molecule has 0 bridgehead atoms. The van der Waals surface area contributed by atoms with Crippen LogP contribution < -0.4 is 0 Å². The van der Waals surface area contributed by atoms with E-state index in [4.69, 9.17) is 0 Å². The lowest BCUT2D eigenvalue weighted by atomic mass is 10.1. The molecule has 3 aromatic rings. The van der Waals surface area contributed by atoms with Gasteiger partial charge >= 0.3 is 0 Å². The summed E-state index contributed by atoms with van der Waals surface area (Å²) >= 11 is 0. The number of fused-ring (bicyclic) bond motifs is 1. The number of carbonyl (C=O) groups is 1. The van der Waals surface area contributed by atoms with E-state index in [0.717, 1.165) is 34.0 Å². The Hall–Kier alpha value is -2.42. The van der Waals surface area contributed by atoms with Gasteiger partial charge < -0.3 is 4.57 Å². The molecule has 3 nitrogen and oxygen atoms in total. The highest BCUT2D eigenvalue weighted by Gasteiger charge is 2.05. The highest BCUT2D eigenvalue weighted by atomic mass is 16.1. The predicted octanol–water partition coefficient (Wildman–Crippen LogP) is 3.21. The number of benzene rings is 1. The van der Waals surface area contributed by atoms with Crippen LogP contribution in [0, 0.1) is 6.92 Å². The first-order valence-corrected chi connectivity index (χ1v) is 6.22. The molecule has 1 aromatic carbocycles. The van der Waals surface area contributed by atoms with Crippen molar-refractivity contribution in [1.82, 2.24) is 9.55 Å². The van der Waals surface area contributed by atoms with Gasteiger partial charge in [0.25, 0.3) is 0 Å². The number of rotatable bonds is 3. The van der Waals surface area contributed by atoms with Gasteiger partial charge in [-0.1, -0.05) is 18.2 Å². The summed E-state index contributed by atoms with van der Waals surface area (Å²) in [7, 11) is 0. The fraction of sp³-hybridized carbons (Fsp3) is 0.125. The van der Waals surface area contributed by atoms with E-state index in [2.05, 4.69) is 11.1 Å². The highest BCUT2D eigenvalue weighted by molar-refractivity contribution is 5.79. The Kier molecular flexibility index (Phi) is 2.88. The third-order valence-corrected chi connectivity index (χ3v) is 3.33. The smallest absolute Gasteiger partial charge is 0.166 e. The summed E-state index contributed by atoms with van der Waals surface area (Å²) in [5.41, 5.74) is 3.82. The van der Waals surface area contributed by atoms with Crippen LogP contribution in [-0.2, 0) is 6.54 Å². The first-order valence-electron chi connectivity index (χ1n) is 6.22. The SMILES string of the molecule is Cc1ccn(Cc2cnc3ccccc3c2)c1C=O. The van der Waals surface area contributed by atoms with Crippen molar-refractivity contribution in [1.29, 1.82) is 0 Å². The molecule has 3 heteroatoms. The molecular weight excluding hydrogens is 236 g/mol. The van der Waals surface area contributed by atoms with E-state index in [0.29, 0.717) is 6.54 Å². The van der Waals surface area contributed by atoms with Gasteiger partial charge in [-0.15, -0.1) is 0 Å². The van der Waals surface area contributed by atoms with E-state index in [1.54, 1.807) is 0 Å². The van der Waals surface area contributed by atoms with Crippen LogP contribution in [0.25, 0.3) is 10.9 Å². The van der Waals surface area contributed by atoms with Gasteiger partial charge in [0.2, 0.25) is 0 Å². The first kappa shape index (κ1) is 11.7. The highest BCUT2D eigenvalue weighted by Crippen LogP contribution is 2.15. The third kappa shape index (κ3) is 2.15. The van der Waals surface area contributed by atoms with E-state index >= 15 is 0 Å². The fourth-order valence-corrected chi connectivity index (χ4v) is 2.29. The molecule has 0 aliphatic rings. The standard InChI is InChI=1S/C16H14N2O/c1-12-6-7-18(16(12)11-19)10-13-8-14-4-2-3-5-15(14)17-9-13/h2-9,11H,10H2,1H3. The summed E-state index contributed by atoms with van der Waals surface area (Å²) in [6.07, 6.45) is 4.71. The number of aryl methyl sites for hydroxylation is 1. The summed E-state index contributed by atoms with van der Waals surface area (Å²) in [6, 6.07) is 12.1. The normalized spacial score (nSPS) is 10.8. The van der Waals surface area contributed by atoms with Crippen molar-refractivity contribution in [2.45, 2.75) is 13.5 Å². The maximum Gasteiger partial charge on any atom is 0.166 e. The number of carbonyl (C=O) groups excluding carboxylic acids is 1. The van der Waals surface area contributed by atoms with Crippen molar-refractivity contribution in [3.05, 3.63) is 65.6 Å². The summed E-state index contributed by atoms with van der Waals surface area (Å²) in [5.74, 6) is 0. The molecule has 0 saturated heterocycles. The largest absolute Gasteiger partial charge is 0.341 e.